The molecule has 1 aliphatic carbocycles. The molecular weight excluding hydrogens is 438 g/mol. The van der Waals surface area contributed by atoms with Gasteiger partial charge in [0.25, 0.3) is 0 Å². The van der Waals surface area contributed by atoms with Gasteiger partial charge in [-0.1, -0.05) is 33.8 Å². The normalized spacial score (nSPS) is 15.5. The molecule has 170 valence electrons. The van der Waals surface area contributed by atoms with Crippen LogP contribution >= 0.6 is 23.1 Å². The fourth-order valence-corrected chi connectivity index (χ4v) is 6.01. The minimum absolute atomic E-state index is 0.00760. The van der Waals surface area contributed by atoms with Crippen molar-refractivity contribution >= 4 is 45.6 Å². The minimum atomic E-state index is -0.127. The lowest BCUT2D eigenvalue weighted by Crippen LogP contribution is -2.26. The second-order valence-electron chi connectivity index (χ2n) is 9.29. The highest BCUT2D eigenvalue weighted by atomic mass is 32.2. The van der Waals surface area contributed by atoms with Gasteiger partial charge in [0.2, 0.25) is 11.8 Å². The van der Waals surface area contributed by atoms with E-state index in [-0.39, 0.29) is 23.0 Å². The zero-order chi connectivity index (χ0) is 23.3. The molecule has 3 rings (SSSR count). The van der Waals surface area contributed by atoms with Crippen molar-refractivity contribution < 1.29 is 9.59 Å². The number of carbonyl (C=O) groups excluding carboxylic acids is 2. The molecule has 5 nitrogen and oxygen atoms in total. The fraction of sp³-hybridized carbons (Fsp3) is 0.480. The summed E-state index contributed by atoms with van der Waals surface area (Å²) in [5.41, 5.74) is 2.73. The predicted molar refractivity (Wildman–Crippen MR) is 133 cm³/mol. The highest BCUT2D eigenvalue weighted by Crippen LogP contribution is 2.44. The Morgan fingerprint density at radius 3 is 2.72 bits per heavy atom. The molecular formula is C25H31N3O2S2. The number of amides is 2. The van der Waals surface area contributed by atoms with Gasteiger partial charge in [-0.2, -0.15) is 5.26 Å². The molecule has 0 saturated heterocycles. The number of rotatable bonds is 7. The summed E-state index contributed by atoms with van der Waals surface area (Å²) in [4.78, 5) is 26.6. The Hall–Kier alpha value is -2.30. The van der Waals surface area contributed by atoms with E-state index in [1.807, 2.05) is 31.2 Å². The summed E-state index contributed by atoms with van der Waals surface area (Å²) in [6, 6.07) is 9.83. The van der Waals surface area contributed by atoms with Gasteiger partial charge in [0.05, 0.1) is 11.3 Å². The Labute approximate surface area is 199 Å². The van der Waals surface area contributed by atoms with E-state index in [0.29, 0.717) is 22.9 Å². The molecule has 0 aliphatic heterocycles. The lowest BCUT2D eigenvalue weighted by molar-refractivity contribution is -0.116. The molecule has 1 atom stereocenters. The Morgan fingerprint density at radius 1 is 1.25 bits per heavy atom. The van der Waals surface area contributed by atoms with Crippen LogP contribution in [0.5, 0.6) is 0 Å². The molecule has 1 unspecified atom stereocenters. The van der Waals surface area contributed by atoms with E-state index in [1.165, 1.54) is 16.6 Å². The highest BCUT2D eigenvalue weighted by Gasteiger charge is 2.32. The maximum atomic E-state index is 12.6. The topological polar surface area (TPSA) is 82.0 Å². The molecule has 0 fully saturated rings. The summed E-state index contributed by atoms with van der Waals surface area (Å²) in [5, 5.41) is 16.2. The number of hydrogen-bond acceptors (Lipinski definition) is 5. The third-order valence-electron chi connectivity index (χ3n) is 5.82. The first-order valence-corrected chi connectivity index (χ1v) is 12.9. The van der Waals surface area contributed by atoms with E-state index in [2.05, 4.69) is 37.5 Å². The molecule has 32 heavy (non-hydrogen) atoms. The molecule has 1 aromatic heterocycles. The average Bonchev–Trinajstić information content (AvgIpc) is 3.08. The van der Waals surface area contributed by atoms with Crippen LogP contribution in [0.4, 0.5) is 10.7 Å². The standard InChI is InChI=1S/C25H31N3O2S2/c1-5-7-22(29)27-17-8-6-9-18(13-17)31-15-23(30)28-24-20(14-26)19-11-10-16(25(2,3)4)12-21(19)32-24/h6,8-9,13,16H,5,7,10-12,15H2,1-4H3,(H,27,29)(H,28,30). The molecule has 0 bridgehead atoms. The average molecular weight is 470 g/mol. The number of fused-ring (bicyclic) bond motifs is 1. The van der Waals surface area contributed by atoms with E-state index in [0.717, 1.165) is 41.8 Å². The Balaban J connectivity index is 1.62. The largest absolute Gasteiger partial charge is 0.326 e. The zero-order valence-electron chi connectivity index (χ0n) is 19.2. The molecule has 0 saturated carbocycles. The third kappa shape index (κ3) is 6.14. The van der Waals surface area contributed by atoms with E-state index < -0.39 is 0 Å². The lowest BCUT2D eigenvalue weighted by atomic mass is 9.72. The summed E-state index contributed by atoms with van der Waals surface area (Å²) in [6.07, 6.45) is 4.24. The number of thiophene rings is 1. The van der Waals surface area contributed by atoms with E-state index in [4.69, 9.17) is 0 Å². The van der Waals surface area contributed by atoms with Gasteiger partial charge in [0.15, 0.2) is 0 Å². The summed E-state index contributed by atoms with van der Waals surface area (Å²) < 4.78 is 0. The van der Waals surface area contributed by atoms with E-state index >= 15 is 0 Å². The van der Waals surface area contributed by atoms with Crippen LogP contribution in [0.15, 0.2) is 29.2 Å². The first kappa shape index (κ1) is 24.3. The van der Waals surface area contributed by atoms with Crippen molar-refractivity contribution in [2.45, 2.75) is 64.7 Å². The first-order chi connectivity index (χ1) is 15.2. The lowest BCUT2D eigenvalue weighted by Gasteiger charge is -2.33. The number of nitriles is 1. The van der Waals surface area contributed by atoms with Crippen molar-refractivity contribution in [2.75, 3.05) is 16.4 Å². The van der Waals surface area contributed by atoms with Crippen LogP contribution in [0.3, 0.4) is 0 Å². The van der Waals surface area contributed by atoms with Gasteiger partial charge >= 0.3 is 0 Å². The number of nitrogens with zero attached hydrogens (tertiary/aromatic N) is 1. The number of carbonyl (C=O) groups is 2. The van der Waals surface area contributed by atoms with Crippen molar-refractivity contribution in [3.8, 4) is 6.07 Å². The molecule has 2 N–H and O–H groups in total. The van der Waals surface area contributed by atoms with E-state index in [1.54, 1.807) is 11.3 Å². The smallest absolute Gasteiger partial charge is 0.235 e. The molecule has 2 amide bonds. The van der Waals surface area contributed by atoms with Crippen molar-refractivity contribution in [2.24, 2.45) is 11.3 Å². The predicted octanol–water partition coefficient (Wildman–Crippen LogP) is 6.24. The second kappa shape index (κ2) is 10.5. The van der Waals surface area contributed by atoms with Gasteiger partial charge in [0, 0.05) is 21.9 Å². The Bertz CT molecular complexity index is 1030. The van der Waals surface area contributed by atoms with E-state index in [9.17, 15) is 14.9 Å². The fourth-order valence-electron chi connectivity index (χ4n) is 3.96. The Morgan fingerprint density at radius 2 is 2.03 bits per heavy atom. The van der Waals surface area contributed by atoms with Crippen LogP contribution in [0, 0.1) is 22.7 Å². The maximum Gasteiger partial charge on any atom is 0.235 e. The molecule has 1 aromatic carbocycles. The molecule has 7 heteroatoms. The molecule has 0 spiro atoms. The number of nitrogens with one attached hydrogen (secondary N) is 2. The number of thioether (sulfide) groups is 1. The van der Waals surface area contributed by atoms with Gasteiger partial charge in [-0.05, 0) is 60.8 Å². The van der Waals surface area contributed by atoms with Crippen LogP contribution in [0.1, 0.15) is 63.0 Å². The van der Waals surface area contributed by atoms with Crippen molar-refractivity contribution in [1.82, 2.24) is 0 Å². The zero-order valence-corrected chi connectivity index (χ0v) is 20.8. The van der Waals surface area contributed by atoms with Crippen LogP contribution in [-0.4, -0.2) is 17.6 Å². The molecule has 2 aromatic rings. The summed E-state index contributed by atoms with van der Waals surface area (Å²) in [5.74, 6) is 0.693. The summed E-state index contributed by atoms with van der Waals surface area (Å²) >= 11 is 2.97. The highest BCUT2D eigenvalue weighted by molar-refractivity contribution is 8.00. The monoisotopic (exact) mass is 469 g/mol. The van der Waals surface area contributed by atoms with Crippen molar-refractivity contribution in [3.63, 3.8) is 0 Å². The third-order valence-corrected chi connectivity index (χ3v) is 7.98. The van der Waals surface area contributed by atoms with Gasteiger partial charge in [-0.25, -0.2) is 0 Å². The molecule has 1 heterocycles. The molecule has 0 radical (unpaired) electrons. The van der Waals surface area contributed by atoms with Crippen LogP contribution < -0.4 is 10.6 Å². The number of hydrogen-bond donors (Lipinski definition) is 2. The van der Waals surface area contributed by atoms with Crippen LogP contribution in [-0.2, 0) is 22.4 Å². The summed E-state index contributed by atoms with van der Waals surface area (Å²) in [7, 11) is 0. The minimum Gasteiger partial charge on any atom is -0.326 e. The Kier molecular flexibility index (Phi) is 8.02. The second-order valence-corrected chi connectivity index (χ2v) is 11.4. The van der Waals surface area contributed by atoms with Gasteiger partial charge in [-0.15, -0.1) is 23.1 Å². The van der Waals surface area contributed by atoms with Crippen molar-refractivity contribution in [1.29, 1.82) is 5.26 Å². The van der Waals surface area contributed by atoms with Crippen LogP contribution in [0.25, 0.3) is 0 Å². The van der Waals surface area contributed by atoms with Gasteiger partial charge < -0.3 is 10.6 Å². The summed E-state index contributed by atoms with van der Waals surface area (Å²) in [6.45, 7) is 8.78. The number of benzene rings is 1. The molecule has 1 aliphatic rings. The number of anilines is 2. The van der Waals surface area contributed by atoms with Crippen LogP contribution in [0.2, 0.25) is 0 Å². The SMILES string of the molecule is CCCC(=O)Nc1cccc(SCC(=O)Nc2sc3c(c2C#N)CCC(C(C)(C)C)C3)c1. The quantitative estimate of drug-likeness (QED) is 0.470. The maximum absolute atomic E-state index is 12.6. The van der Waals surface area contributed by atoms with Crippen molar-refractivity contribution in [3.05, 3.63) is 40.3 Å². The van der Waals surface area contributed by atoms with Gasteiger partial charge in [0.1, 0.15) is 11.1 Å². The first-order valence-electron chi connectivity index (χ1n) is 11.1. The van der Waals surface area contributed by atoms with Gasteiger partial charge in [-0.3, -0.25) is 9.59 Å².